The number of carbonyl (C=O) groups excluding carboxylic acids is 1. The number of nitrogens with two attached hydrogens (primary N) is 1. The summed E-state index contributed by atoms with van der Waals surface area (Å²) in [6.07, 6.45) is 1.39. The maximum atomic E-state index is 12.7. The molecule has 0 fully saturated rings. The third-order valence-electron chi connectivity index (χ3n) is 1.21. The Labute approximate surface area is 63.0 Å². The number of nitrogens with zero attached hydrogens (tertiary/aromatic N) is 1. The van der Waals surface area contributed by atoms with E-state index < -0.39 is 11.7 Å². The number of aromatic nitrogens is 1. The molecule has 4 heteroatoms. The van der Waals surface area contributed by atoms with Crippen molar-refractivity contribution in [3.05, 3.63) is 29.3 Å². The molecule has 0 atom stereocenters. The fourth-order valence-electron chi connectivity index (χ4n) is 0.715. The lowest BCUT2D eigenvalue weighted by atomic mass is 10.2. The Balaban J connectivity index is 3.20. The van der Waals surface area contributed by atoms with Crippen LogP contribution in [-0.4, -0.2) is 10.9 Å². The molecule has 0 saturated carbocycles. The van der Waals surface area contributed by atoms with Crippen LogP contribution in [0.5, 0.6) is 0 Å². The molecule has 0 aliphatic rings. The molecule has 1 rings (SSSR count). The van der Waals surface area contributed by atoms with E-state index in [1.807, 2.05) is 0 Å². The number of primary amides is 1. The molecule has 0 saturated heterocycles. The minimum atomic E-state index is -0.845. The number of rotatable bonds is 1. The van der Waals surface area contributed by atoms with Gasteiger partial charge in [0, 0.05) is 6.20 Å². The SMILES string of the molecule is Cc1cnc(C(N)=O)c(F)c1. The number of aryl methyl sites for hydroxylation is 1. The van der Waals surface area contributed by atoms with Crippen molar-refractivity contribution in [3.8, 4) is 0 Å². The van der Waals surface area contributed by atoms with Crippen LogP contribution in [0.15, 0.2) is 12.3 Å². The van der Waals surface area contributed by atoms with Crippen LogP contribution >= 0.6 is 0 Å². The van der Waals surface area contributed by atoms with E-state index in [1.165, 1.54) is 12.3 Å². The number of hydrogen-bond donors (Lipinski definition) is 1. The van der Waals surface area contributed by atoms with Crippen molar-refractivity contribution in [1.82, 2.24) is 4.98 Å². The van der Waals surface area contributed by atoms with Crippen molar-refractivity contribution in [3.63, 3.8) is 0 Å². The highest BCUT2D eigenvalue weighted by Gasteiger charge is 2.08. The lowest BCUT2D eigenvalue weighted by Crippen LogP contribution is -2.15. The fourth-order valence-corrected chi connectivity index (χ4v) is 0.715. The lowest BCUT2D eigenvalue weighted by molar-refractivity contribution is 0.0991. The van der Waals surface area contributed by atoms with Crippen LogP contribution in [0.3, 0.4) is 0 Å². The highest BCUT2D eigenvalue weighted by atomic mass is 19.1. The first-order chi connectivity index (χ1) is 5.11. The molecule has 0 aromatic carbocycles. The summed E-state index contributed by atoms with van der Waals surface area (Å²) in [7, 11) is 0. The standard InChI is InChI=1S/C7H7FN2O/c1-4-2-5(8)6(7(9)11)10-3-4/h2-3H,1H3,(H2,9,11). The molecule has 0 radical (unpaired) electrons. The Morgan fingerprint density at radius 2 is 2.36 bits per heavy atom. The van der Waals surface area contributed by atoms with E-state index in [4.69, 9.17) is 5.73 Å². The Morgan fingerprint density at radius 3 is 2.82 bits per heavy atom. The molecule has 58 valence electrons. The molecule has 0 unspecified atom stereocenters. The summed E-state index contributed by atoms with van der Waals surface area (Å²) in [5.41, 5.74) is 5.17. The lowest BCUT2D eigenvalue weighted by Gasteiger charge is -1.96. The average Bonchev–Trinajstić information content (AvgIpc) is 1.85. The van der Waals surface area contributed by atoms with Crippen LogP contribution in [0.4, 0.5) is 4.39 Å². The molecule has 1 amide bonds. The van der Waals surface area contributed by atoms with Crippen LogP contribution in [0.1, 0.15) is 16.1 Å². The maximum Gasteiger partial charge on any atom is 0.270 e. The van der Waals surface area contributed by atoms with Gasteiger partial charge in [-0.25, -0.2) is 9.37 Å². The van der Waals surface area contributed by atoms with Gasteiger partial charge in [0.05, 0.1) is 0 Å². The Hall–Kier alpha value is -1.45. The van der Waals surface area contributed by atoms with E-state index >= 15 is 0 Å². The molecule has 0 bridgehead atoms. The maximum absolute atomic E-state index is 12.7. The zero-order valence-corrected chi connectivity index (χ0v) is 5.97. The predicted octanol–water partition coefficient (Wildman–Crippen LogP) is 0.628. The number of carbonyl (C=O) groups is 1. The van der Waals surface area contributed by atoms with E-state index in [2.05, 4.69) is 4.98 Å². The van der Waals surface area contributed by atoms with E-state index in [-0.39, 0.29) is 5.69 Å². The van der Waals surface area contributed by atoms with Gasteiger partial charge in [-0.2, -0.15) is 0 Å². The molecule has 3 nitrogen and oxygen atoms in total. The van der Waals surface area contributed by atoms with Crippen molar-refractivity contribution in [1.29, 1.82) is 0 Å². The van der Waals surface area contributed by atoms with Gasteiger partial charge in [0.2, 0.25) is 0 Å². The highest BCUT2D eigenvalue weighted by Crippen LogP contribution is 2.04. The van der Waals surface area contributed by atoms with Crippen LogP contribution in [-0.2, 0) is 0 Å². The van der Waals surface area contributed by atoms with Crippen LogP contribution in [0.2, 0.25) is 0 Å². The second-order valence-electron chi connectivity index (χ2n) is 2.21. The summed E-state index contributed by atoms with van der Waals surface area (Å²) in [6, 6.07) is 1.22. The Kier molecular flexibility index (Phi) is 1.85. The summed E-state index contributed by atoms with van der Waals surface area (Å²) in [5.74, 6) is -1.51. The second kappa shape index (κ2) is 2.65. The van der Waals surface area contributed by atoms with Crippen molar-refractivity contribution >= 4 is 5.91 Å². The average molecular weight is 154 g/mol. The summed E-state index contributed by atoms with van der Waals surface area (Å²) >= 11 is 0. The topological polar surface area (TPSA) is 56.0 Å². The van der Waals surface area contributed by atoms with Gasteiger partial charge in [-0.05, 0) is 18.6 Å². The van der Waals surface area contributed by atoms with Gasteiger partial charge >= 0.3 is 0 Å². The fraction of sp³-hybridized carbons (Fsp3) is 0.143. The third kappa shape index (κ3) is 1.52. The molecule has 11 heavy (non-hydrogen) atoms. The number of hydrogen-bond acceptors (Lipinski definition) is 2. The molecular formula is C7H7FN2O. The zero-order valence-electron chi connectivity index (χ0n) is 5.97. The van der Waals surface area contributed by atoms with E-state index in [0.717, 1.165) is 0 Å². The summed E-state index contributed by atoms with van der Waals surface area (Å²) in [6.45, 7) is 1.68. The van der Waals surface area contributed by atoms with Gasteiger partial charge < -0.3 is 5.73 Å². The molecule has 1 aromatic rings. The van der Waals surface area contributed by atoms with Crippen LogP contribution in [0, 0.1) is 12.7 Å². The van der Waals surface area contributed by atoms with Crippen LogP contribution < -0.4 is 5.73 Å². The molecule has 0 aliphatic heterocycles. The Morgan fingerprint density at radius 1 is 1.73 bits per heavy atom. The molecule has 1 aromatic heterocycles. The van der Waals surface area contributed by atoms with E-state index in [9.17, 15) is 9.18 Å². The van der Waals surface area contributed by atoms with Crippen molar-refractivity contribution in [2.24, 2.45) is 5.73 Å². The molecule has 1 heterocycles. The van der Waals surface area contributed by atoms with Gasteiger partial charge in [-0.3, -0.25) is 4.79 Å². The highest BCUT2D eigenvalue weighted by molar-refractivity contribution is 5.90. The Bertz CT molecular complexity index is 298. The first kappa shape index (κ1) is 7.65. The monoisotopic (exact) mass is 154 g/mol. The zero-order chi connectivity index (χ0) is 8.43. The van der Waals surface area contributed by atoms with Gasteiger partial charge in [-0.1, -0.05) is 0 Å². The van der Waals surface area contributed by atoms with Gasteiger partial charge in [0.1, 0.15) is 0 Å². The second-order valence-corrected chi connectivity index (χ2v) is 2.21. The minimum absolute atomic E-state index is 0.310. The number of amides is 1. The molecule has 0 spiro atoms. The molecule has 0 aliphatic carbocycles. The number of halogens is 1. The van der Waals surface area contributed by atoms with Gasteiger partial charge in [0.15, 0.2) is 11.5 Å². The van der Waals surface area contributed by atoms with E-state index in [1.54, 1.807) is 6.92 Å². The first-order valence-corrected chi connectivity index (χ1v) is 3.03. The predicted molar refractivity (Wildman–Crippen MR) is 37.4 cm³/mol. The molecule has 2 N–H and O–H groups in total. The van der Waals surface area contributed by atoms with Gasteiger partial charge in [0.25, 0.3) is 5.91 Å². The summed E-state index contributed by atoms with van der Waals surface area (Å²) in [5, 5.41) is 0. The third-order valence-corrected chi connectivity index (χ3v) is 1.21. The summed E-state index contributed by atoms with van der Waals surface area (Å²) < 4.78 is 12.7. The van der Waals surface area contributed by atoms with E-state index in [0.29, 0.717) is 5.56 Å². The minimum Gasteiger partial charge on any atom is -0.364 e. The van der Waals surface area contributed by atoms with Crippen molar-refractivity contribution in [2.75, 3.05) is 0 Å². The quantitative estimate of drug-likeness (QED) is 0.644. The normalized spacial score (nSPS) is 9.64. The number of pyridine rings is 1. The van der Waals surface area contributed by atoms with Gasteiger partial charge in [-0.15, -0.1) is 0 Å². The summed E-state index contributed by atoms with van der Waals surface area (Å²) in [4.78, 5) is 14.0. The first-order valence-electron chi connectivity index (χ1n) is 3.03. The largest absolute Gasteiger partial charge is 0.364 e. The van der Waals surface area contributed by atoms with Crippen molar-refractivity contribution in [2.45, 2.75) is 6.92 Å². The van der Waals surface area contributed by atoms with Crippen molar-refractivity contribution < 1.29 is 9.18 Å². The molecular weight excluding hydrogens is 147 g/mol. The smallest absolute Gasteiger partial charge is 0.270 e. The van der Waals surface area contributed by atoms with Crippen LogP contribution in [0.25, 0.3) is 0 Å².